The number of aryl methyl sites for hydroxylation is 2. The Bertz CT molecular complexity index is 2040. The first-order chi connectivity index (χ1) is 22.3. The highest BCUT2D eigenvalue weighted by Crippen LogP contribution is 2.54. The molecule has 0 N–H and O–H groups in total. The van der Waals surface area contributed by atoms with Gasteiger partial charge in [0.15, 0.2) is 11.6 Å². The van der Waals surface area contributed by atoms with Crippen LogP contribution in [0.2, 0.25) is 0 Å². The Morgan fingerprint density at radius 3 is 1.70 bits per heavy atom. The van der Waals surface area contributed by atoms with Crippen LogP contribution in [-0.4, -0.2) is 0 Å². The van der Waals surface area contributed by atoms with Crippen molar-refractivity contribution in [1.29, 1.82) is 0 Å². The van der Waals surface area contributed by atoms with Crippen molar-refractivity contribution < 1.29 is 13.7 Å². The van der Waals surface area contributed by atoms with Gasteiger partial charge in [-0.25, -0.2) is 0 Å². The summed E-state index contributed by atoms with van der Waals surface area (Å²) in [6.45, 7) is 10.1. The summed E-state index contributed by atoms with van der Waals surface area (Å²) in [5.41, 5.74) is 13.4. The van der Waals surface area contributed by atoms with Gasteiger partial charge in [0.25, 0.3) is 11.4 Å². The predicted molar refractivity (Wildman–Crippen MR) is 185 cm³/mol. The smallest absolute Gasteiger partial charge is 0.197 e. The third-order valence-corrected chi connectivity index (χ3v) is 10.4. The van der Waals surface area contributed by atoms with Gasteiger partial charge < -0.3 is 0 Å². The van der Waals surface area contributed by atoms with Crippen LogP contribution in [0.4, 0.5) is 0 Å². The molecule has 0 spiro atoms. The van der Waals surface area contributed by atoms with Crippen LogP contribution in [0.1, 0.15) is 66.9 Å². The molecule has 228 valence electrons. The lowest BCUT2D eigenvalue weighted by molar-refractivity contribution is -0.713. The first kappa shape index (κ1) is 29.8. The molecule has 3 nitrogen and oxygen atoms in total. The van der Waals surface area contributed by atoms with Crippen LogP contribution in [0, 0.1) is 0 Å². The van der Waals surface area contributed by atoms with Gasteiger partial charge in [-0.05, 0) is 65.4 Å². The van der Waals surface area contributed by atoms with Gasteiger partial charge in [0.2, 0.25) is 17.1 Å². The first-order valence-corrected chi connectivity index (χ1v) is 16.6. The summed E-state index contributed by atoms with van der Waals surface area (Å²) in [5.74, 6) is 0. The van der Waals surface area contributed by atoms with Crippen LogP contribution in [-0.2, 0) is 37.9 Å². The molecule has 1 aliphatic rings. The number of hydrogen-bond donors (Lipinski definition) is 0. The number of rotatable bonds is 6. The lowest BCUT2D eigenvalue weighted by Gasteiger charge is -2.44. The fourth-order valence-corrected chi connectivity index (χ4v) is 8.21. The normalized spacial score (nSPS) is 14.4. The molecule has 3 heteroatoms. The molecule has 0 unspecified atom stereocenters. The highest BCUT2D eigenvalue weighted by molar-refractivity contribution is 5.68. The van der Waals surface area contributed by atoms with Crippen molar-refractivity contribution in [2.45, 2.75) is 51.5 Å². The van der Waals surface area contributed by atoms with E-state index in [2.05, 4.69) is 189 Å². The fraction of sp³-hybridized carbons (Fsp3) is 0.233. The zero-order valence-electron chi connectivity index (χ0n) is 28.0. The zero-order valence-corrected chi connectivity index (χ0v) is 28.0. The summed E-state index contributed by atoms with van der Waals surface area (Å²) in [4.78, 5) is 0. The fourth-order valence-electron chi connectivity index (χ4n) is 8.21. The maximum atomic E-state index is 2.55. The molecule has 0 amide bonds. The minimum absolute atomic E-state index is 0.164. The van der Waals surface area contributed by atoms with Crippen molar-refractivity contribution in [3.8, 4) is 22.6 Å². The van der Waals surface area contributed by atoms with Crippen molar-refractivity contribution in [2.75, 3.05) is 0 Å². The maximum Gasteiger partial charge on any atom is 0.277 e. The Balaban J connectivity index is 1.68. The zero-order chi connectivity index (χ0) is 32.1. The third-order valence-electron chi connectivity index (χ3n) is 10.4. The van der Waals surface area contributed by atoms with E-state index in [0.717, 1.165) is 13.0 Å². The van der Waals surface area contributed by atoms with Crippen LogP contribution < -0.4 is 13.7 Å². The van der Waals surface area contributed by atoms with Gasteiger partial charge in [-0.2, -0.15) is 13.7 Å². The third kappa shape index (κ3) is 4.29. The summed E-state index contributed by atoms with van der Waals surface area (Å²) < 4.78 is 7.25. The van der Waals surface area contributed by atoms with E-state index >= 15 is 0 Å². The largest absolute Gasteiger partial charge is 0.277 e. The van der Waals surface area contributed by atoms with E-state index in [9.17, 15) is 0 Å². The molecule has 3 aromatic carbocycles. The van der Waals surface area contributed by atoms with Crippen LogP contribution in [0.5, 0.6) is 0 Å². The Hall–Kier alpha value is -4.89. The van der Waals surface area contributed by atoms with Crippen molar-refractivity contribution in [2.24, 2.45) is 14.1 Å². The Labute approximate surface area is 274 Å². The monoisotopic (exact) mass is 602 g/mol. The molecule has 0 saturated heterocycles. The average Bonchev–Trinajstić information content (AvgIpc) is 3.09. The number of hydrogen-bond acceptors (Lipinski definition) is 0. The van der Waals surface area contributed by atoms with Crippen LogP contribution in [0.3, 0.4) is 0 Å². The van der Waals surface area contributed by atoms with E-state index in [1.54, 1.807) is 0 Å². The van der Waals surface area contributed by atoms with Crippen molar-refractivity contribution in [1.82, 2.24) is 0 Å². The number of benzene rings is 3. The number of aromatic nitrogens is 3. The molecular weight excluding hydrogens is 558 g/mol. The first-order valence-electron chi connectivity index (χ1n) is 16.6. The lowest BCUT2D eigenvalue weighted by atomic mass is 9.56. The molecule has 0 bridgehead atoms. The van der Waals surface area contributed by atoms with Gasteiger partial charge in [-0.1, -0.05) is 87.5 Å². The second-order valence-electron chi connectivity index (χ2n) is 13.1. The number of nitrogens with zero attached hydrogens (tertiary/aromatic N) is 3. The van der Waals surface area contributed by atoms with E-state index in [1.165, 1.54) is 61.9 Å². The Morgan fingerprint density at radius 2 is 1.07 bits per heavy atom. The van der Waals surface area contributed by atoms with Gasteiger partial charge in [0.1, 0.15) is 20.6 Å². The number of fused-ring (bicyclic) bond motifs is 2. The van der Waals surface area contributed by atoms with Crippen LogP contribution in [0.15, 0.2) is 134 Å². The summed E-state index contributed by atoms with van der Waals surface area (Å²) in [7, 11) is 4.40. The molecule has 3 aromatic heterocycles. The summed E-state index contributed by atoms with van der Waals surface area (Å²) in [6.07, 6.45) is 3.12. The van der Waals surface area contributed by atoms with Crippen LogP contribution in [0.25, 0.3) is 22.6 Å². The van der Waals surface area contributed by atoms with Crippen molar-refractivity contribution in [3.63, 3.8) is 0 Å². The van der Waals surface area contributed by atoms with Crippen molar-refractivity contribution in [3.05, 3.63) is 173 Å². The lowest BCUT2D eigenvalue weighted by Crippen LogP contribution is -2.56. The van der Waals surface area contributed by atoms with Gasteiger partial charge in [0.05, 0.1) is 0 Å². The van der Waals surface area contributed by atoms with Gasteiger partial charge >= 0.3 is 0 Å². The Kier molecular flexibility index (Phi) is 7.44. The second-order valence-corrected chi connectivity index (χ2v) is 13.1. The minimum atomic E-state index is -0.589. The van der Waals surface area contributed by atoms with Crippen LogP contribution >= 0.6 is 0 Å². The summed E-state index contributed by atoms with van der Waals surface area (Å²) >= 11 is 0. The van der Waals surface area contributed by atoms with Crippen molar-refractivity contribution >= 4 is 0 Å². The molecule has 46 heavy (non-hydrogen) atoms. The molecule has 3 heterocycles. The van der Waals surface area contributed by atoms with E-state index in [0.29, 0.717) is 0 Å². The summed E-state index contributed by atoms with van der Waals surface area (Å²) in [5, 5.41) is 0. The van der Waals surface area contributed by atoms with E-state index in [-0.39, 0.29) is 5.41 Å². The highest BCUT2D eigenvalue weighted by Gasteiger charge is 2.58. The average molecular weight is 603 g/mol. The maximum absolute atomic E-state index is 2.55. The van der Waals surface area contributed by atoms with Gasteiger partial charge in [0, 0.05) is 47.4 Å². The molecule has 0 fully saturated rings. The minimum Gasteiger partial charge on any atom is -0.197 e. The second kappa shape index (κ2) is 11.5. The molecule has 0 aliphatic heterocycles. The topological polar surface area (TPSA) is 11.6 Å². The molecular formula is C43H44N3+3. The molecule has 0 radical (unpaired) electrons. The molecule has 0 saturated carbocycles. The highest BCUT2D eigenvalue weighted by atomic mass is 15.1. The van der Waals surface area contributed by atoms with Gasteiger partial charge in [-0.3, -0.25) is 0 Å². The van der Waals surface area contributed by atoms with E-state index in [4.69, 9.17) is 0 Å². The molecule has 7 rings (SSSR count). The predicted octanol–water partition coefficient (Wildman–Crippen LogP) is 7.56. The van der Waals surface area contributed by atoms with E-state index in [1.807, 2.05) is 0 Å². The Morgan fingerprint density at radius 1 is 0.522 bits per heavy atom. The molecule has 6 aromatic rings. The quantitative estimate of drug-likeness (QED) is 0.174. The number of pyridine rings is 3. The SMILES string of the molecule is CCc1ccccc1-c1cccc(C2(c3cccc(-c4cccc[n+]4C)[n+]3CC)c3ccccc3C(C)(C)c3ccccc32)[n+]1C. The molecule has 1 aliphatic carbocycles. The standard InChI is InChI=1S/C43H44N3/c1-7-31-19-9-10-20-32(31)37-26-17-28-40(45(37)6)43(41-29-18-27-39(46(41)8-2)38-25-15-16-30-44(38)5)35-23-13-11-21-33(35)42(3,4)34-22-12-14-24-36(34)43/h9-30H,7-8H2,1-6H3/q+3. The van der Waals surface area contributed by atoms with E-state index < -0.39 is 5.41 Å². The summed E-state index contributed by atoms with van der Waals surface area (Å²) in [6, 6.07) is 47.5. The molecule has 0 atom stereocenters. The van der Waals surface area contributed by atoms with Gasteiger partial charge in [-0.15, -0.1) is 0 Å².